The Morgan fingerprint density at radius 2 is 2.31 bits per heavy atom. The molecule has 13 heavy (non-hydrogen) atoms. The van der Waals surface area contributed by atoms with Crippen LogP contribution in [0.15, 0.2) is 18.2 Å². The van der Waals surface area contributed by atoms with Crippen LogP contribution in [0.4, 0.5) is 5.69 Å². The van der Waals surface area contributed by atoms with Crippen LogP contribution in [0.25, 0.3) is 0 Å². The number of nitrogens with two attached hydrogens (primary N) is 1. The molecule has 1 aliphatic rings. The van der Waals surface area contributed by atoms with Crippen LogP contribution in [0.3, 0.4) is 0 Å². The van der Waals surface area contributed by atoms with Crippen molar-refractivity contribution in [3.8, 4) is 11.5 Å². The second-order valence-corrected chi connectivity index (χ2v) is 3.22. The molecular weight excluding hydrogens is 190 g/mol. The molecule has 0 aliphatic carbocycles. The fraction of sp³-hybridized carbons (Fsp3) is 0.333. The summed E-state index contributed by atoms with van der Waals surface area (Å²) in [6, 6.07) is 5.33. The first-order chi connectivity index (χ1) is 6.29. The number of halogens is 1. The third kappa shape index (κ3) is 1.65. The molecule has 4 heteroatoms. The van der Waals surface area contributed by atoms with Crippen LogP contribution in [0, 0.1) is 0 Å². The lowest BCUT2D eigenvalue weighted by Gasteiger charge is -2.25. The van der Waals surface area contributed by atoms with Gasteiger partial charge in [-0.05, 0) is 12.1 Å². The molecule has 0 saturated carbocycles. The molecule has 0 aromatic heterocycles. The lowest BCUT2D eigenvalue weighted by Crippen LogP contribution is -2.30. The van der Waals surface area contributed by atoms with Crippen LogP contribution < -0.4 is 15.2 Å². The molecule has 70 valence electrons. The molecule has 0 fully saturated rings. The Balaban J connectivity index is 2.27. The van der Waals surface area contributed by atoms with Crippen molar-refractivity contribution in [3.05, 3.63) is 18.2 Å². The largest absolute Gasteiger partial charge is 0.486 e. The van der Waals surface area contributed by atoms with Gasteiger partial charge in [-0.2, -0.15) is 0 Å². The maximum atomic E-state index is 5.65. The van der Waals surface area contributed by atoms with E-state index in [4.69, 9.17) is 26.8 Å². The van der Waals surface area contributed by atoms with Gasteiger partial charge in [0, 0.05) is 11.8 Å². The van der Waals surface area contributed by atoms with E-state index in [1.807, 2.05) is 0 Å². The minimum Gasteiger partial charge on any atom is -0.486 e. The van der Waals surface area contributed by atoms with E-state index in [-0.39, 0.29) is 6.10 Å². The summed E-state index contributed by atoms with van der Waals surface area (Å²) in [4.78, 5) is 0. The van der Waals surface area contributed by atoms with E-state index in [0.29, 0.717) is 23.9 Å². The monoisotopic (exact) mass is 199 g/mol. The fourth-order valence-electron chi connectivity index (χ4n) is 1.21. The van der Waals surface area contributed by atoms with Gasteiger partial charge in [-0.1, -0.05) is 0 Å². The zero-order valence-corrected chi connectivity index (χ0v) is 7.75. The quantitative estimate of drug-likeness (QED) is 0.553. The van der Waals surface area contributed by atoms with Gasteiger partial charge in [-0.25, -0.2) is 0 Å². The van der Waals surface area contributed by atoms with E-state index in [2.05, 4.69) is 0 Å². The normalized spacial score (nSPS) is 19.9. The molecule has 3 nitrogen and oxygen atoms in total. The first-order valence-electron chi connectivity index (χ1n) is 4.04. The molecule has 1 unspecified atom stereocenters. The van der Waals surface area contributed by atoms with Gasteiger partial charge in [-0.15, -0.1) is 11.6 Å². The van der Waals surface area contributed by atoms with Gasteiger partial charge in [0.15, 0.2) is 11.5 Å². The molecule has 1 heterocycles. The topological polar surface area (TPSA) is 44.5 Å². The highest BCUT2D eigenvalue weighted by atomic mass is 35.5. The number of nitrogen functional groups attached to an aromatic ring is 1. The first-order valence-corrected chi connectivity index (χ1v) is 4.58. The fourth-order valence-corrected chi connectivity index (χ4v) is 1.36. The third-order valence-corrected chi connectivity index (χ3v) is 2.20. The number of hydrogen-bond donors (Lipinski definition) is 1. The van der Waals surface area contributed by atoms with Crippen LogP contribution in [0.5, 0.6) is 11.5 Å². The van der Waals surface area contributed by atoms with Crippen molar-refractivity contribution in [1.82, 2.24) is 0 Å². The summed E-state index contributed by atoms with van der Waals surface area (Å²) in [5, 5.41) is 0. The van der Waals surface area contributed by atoms with Crippen molar-refractivity contribution < 1.29 is 9.47 Å². The standard InChI is InChI=1S/C9H10ClNO2/c10-4-7-5-12-8-2-1-6(11)3-9(8)13-7/h1-3,7H,4-5,11H2. The van der Waals surface area contributed by atoms with Gasteiger partial charge in [0.05, 0.1) is 5.88 Å². The second kappa shape index (κ2) is 3.34. The Morgan fingerprint density at radius 3 is 3.08 bits per heavy atom. The van der Waals surface area contributed by atoms with Crippen LogP contribution in [0.2, 0.25) is 0 Å². The van der Waals surface area contributed by atoms with Gasteiger partial charge >= 0.3 is 0 Å². The number of rotatable bonds is 1. The van der Waals surface area contributed by atoms with E-state index in [1.54, 1.807) is 18.2 Å². The smallest absolute Gasteiger partial charge is 0.163 e. The van der Waals surface area contributed by atoms with Crippen LogP contribution in [-0.4, -0.2) is 18.6 Å². The van der Waals surface area contributed by atoms with Gasteiger partial charge < -0.3 is 15.2 Å². The molecule has 0 bridgehead atoms. The summed E-state index contributed by atoms with van der Waals surface area (Å²) in [5.41, 5.74) is 6.26. The molecule has 0 amide bonds. The number of ether oxygens (including phenoxy) is 2. The Hall–Kier alpha value is -1.09. The van der Waals surface area contributed by atoms with Crippen molar-refractivity contribution in [3.63, 3.8) is 0 Å². The zero-order chi connectivity index (χ0) is 9.26. The van der Waals surface area contributed by atoms with E-state index in [1.165, 1.54) is 0 Å². The lowest BCUT2D eigenvalue weighted by molar-refractivity contribution is 0.106. The van der Waals surface area contributed by atoms with Crippen LogP contribution in [0.1, 0.15) is 0 Å². The zero-order valence-electron chi connectivity index (χ0n) is 7.00. The molecule has 0 radical (unpaired) electrons. The predicted octanol–water partition coefficient (Wildman–Crippen LogP) is 1.65. The maximum Gasteiger partial charge on any atom is 0.163 e. The van der Waals surface area contributed by atoms with E-state index in [0.717, 1.165) is 5.75 Å². The summed E-state index contributed by atoms with van der Waals surface area (Å²) in [7, 11) is 0. The molecule has 1 aromatic carbocycles. The number of alkyl halides is 1. The van der Waals surface area contributed by atoms with Gasteiger partial charge in [-0.3, -0.25) is 0 Å². The van der Waals surface area contributed by atoms with E-state index >= 15 is 0 Å². The molecule has 0 saturated heterocycles. The van der Waals surface area contributed by atoms with Crippen LogP contribution >= 0.6 is 11.6 Å². The molecule has 2 rings (SSSR count). The number of anilines is 1. The van der Waals surface area contributed by atoms with Crippen molar-refractivity contribution in [2.24, 2.45) is 0 Å². The van der Waals surface area contributed by atoms with Gasteiger partial charge in [0.2, 0.25) is 0 Å². The molecule has 1 aliphatic heterocycles. The summed E-state index contributed by atoms with van der Waals surface area (Å²) in [6.45, 7) is 0.500. The summed E-state index contributed by atoms with van der Waals surface area (Å²) < 4.78 is 10.9. The number of hydrogen-bond acceptors (Lipinski definition) is 3. The van der Waals surface area contributed by atoms with Gasteiger partial charge in [0.25, 0.3) is 0 Å². The van der Waals surface area contributed by atoms with Crippen molar-refractivity contribution in [1.29, 1.82) is 0 Å². The molecule has 1 aromatic rings. The Kier molecular flexibility index (Phi) is 2.19. The second-order valence-electron chi connectivity index (χ2n) is 2.91. The van der Waals surface area contributed by atoms with Crippen molar-refractivity contribution in [2.75, 3.05) is 18.2 Å². The highest BCUT2D eigenvalue weighted by Gasteiger charge is 2.19. The van der Waals surface area contributed by atoms with Gasteiger partial charge in [0.1, 0.15) is 12.7 Å². The van der Waals surface area contributed by atoms with Crippen molar-refractivity contribution in [2.45, 2.75) is 6.10 Å². The van der Waals surface area contributed by atoms with Crippen LogP contribution in [-0.2, 0) is 0 Å². The minimum atomic E-state index is -0.0732. The Morgan fingerprint density at radius 1 is 1.46 bits per heavy atom. The summed E-state index contributed by atoms with van der Waals surface area (Å²) >= 11 is 5.65. The predicted molar refractivity (Wildman–Crippen MR) is 51.5 cm³/mol. The average Bonchev–Trinajstić information content (AvgIpc) is 2.16. The minimum absolute atomic E-state index is 0.0732. The highest BCUT2D eigenvalue weighted by Crippen LogP contribution is 2.33. The number of fused-ring (bicyclic) bond motifs is 1. The maximum absolute atomic E-state index is 5.65. The van der Waals surface area contributed by atoms with E-state index in [9.17, 15) is 0 Å². The molecule has 0 spiro atoms. The molecule has 1 atom stereocenters. The molecular formula is C9H10ClNO2. The highest BCUT2D eigenvalue weighted by molar-refractivity contribution is 6.18. The SMILES string of the molecule is Nc1ccc2c(c1)OC(CCl)CO2. The number of benzene rings is 1. The lowest BCUT2D eigenvalue weighted by atomic mass is 10.2. The first kappa shape index (κ1) is 8.51. The summed E-state index contributed by atoms with van der Waals surface area (Å²) in [5.74, 6) is 1.83. The Labute approximate surface area is 81.4 Å². The third-order valence-electron chi connectivity index (χ3n) is 1.86. The summed E-state index contributed by atoms with van der Waals surface area (Å²) in [6.07, 6.45) is -0.0732. The van der Waals surface area contributed by atoms with Crippen molar-refractivity contribution >= 4 is 17.3 Å². The van der Waals surface area contributed by atoms with E-state index < -0.39 is 0 Å². The average molecular weight is 200 g/mol. The Bertz CT molecular complexity index is 316. The molecule has 2 N–H and O–H groups in total.